The second kappa shape index (κ2) is 18.7. The van der Waals surface area contributed by atoms with Gasteiger partial charge in [0.15, 0.2) is 0 Å². The summed E-state index contributed by atoms with van der Waals surface area (Å²) in [7, 11) is -32.0. The SMILES string of the molecule is CCc1ccc(C(=O)Nc2ccc(S(=O)(=O)O)c3cc(S(=O)(=O)O)cc(S(=O)(=O)O)c23)cc1NC(=O)Nc1cc(C(=O)Nc2ccc(S(=O)(=O)O)c3cc(S(=O)(=O)O)cc(S(=O)(=O)O)c23)ccc1CC. The lowest BCUT2D eigenvalue weighted by atomic mass is 10.0. The number of anilines is 4. The van der Waals surface area contributed by atoms with Crippen molar-refractivity contribution in [2.24, 2.45) is 0 Å². The second-order valence-corrected chi connectivity index (χ2v) is 23.1. The zero-order valence-corrected chi connectivity index (χ0v) is 40.2. The van der Waals surface area contributed by atoms with E-state index in [0.29, 0.717) is 35.4 Å². The highest BCUT2D eigenvalue weighted by molar-refractivity contribution is 7.88. The normalized spacial score (nSPS) is 12.7. The summed E-state index contributed by atoms with van der Waals surface area (Å²) in [5.41, 5.74) is -0.673. The van der Waals surface area contributed by atoms with Gasteiger partial charge < -0.3 is 21.3 Å². The Labute approximate surface area is 397 Å². The van der Waals surface area contributed by atoms with Crippen LogP contribution < -0.4 is 21.3 Å². The van der Waals surface area contributed by atoms with E-state index >= 15 is 0 Å². The molecule has 0 aliphatic heterocycles. The molecule has 0 bridgehead atoms. The fourth-order valence-electron chi connectivity index (χ4n) is 7.10. The molecule has 6 aromatic carbocycles. The van der Waals surface area contributed by atoms with Crippen LogP contribution in [0.3, 0.4) is 0 Å². The lowest BCUT2D eigenvalue weighted by molar-refractivity contribution is 0.101. The van der Waals surface area contributed by atoms with Crippen LogP contribution in [-0.2, 0) is 73.6 Å². The van der Waals surface area contributed by atoms with Gasteiger partial charge in [0, 0.05) is 44.0 Å². The summed E-state index contributed by atoms with van der Waals surface area (Å²) in [4.78, 5) is 33.9. The van der Waals surface area contributed by atoms with Gasteiger partial charge in [0.2, 0.25) is 0 Å². The predicted molar refractivity (Wildman–Crippen MR) is 247 cm³/mol. The van der Waals surface area contributed by atoms with E-state index < -0.39 is 141 Å². The van der Waals surface area contributed by atoms with Crippen LogP contribution in [0.5, 0.6) is 0 Å². The first-order chi connectivity index (χ1) is 32.1. The van der Waals surface area contributed by atoms with Crippen molar-refractivity contribution in [1.82, 2.24) is 0 Å². The largest absolute Gasteiger partial charge is 0.323 e. The summed E-state index contributed by atoms with van der Waals surface area (Å²) in [6, 6.07) is 11.3. The molecule has 31 heteroatoms. The molecule has 0 heterocycles. The van der Waals surface area contributed by atoms with Crippen LogP contribution in [0.15, 0.2) is 114 Å². The summed E-state index contributed by atoms with van der Waals surface area (Å²) in [5.74, 6) is -2.11. The van der Waals surface area contributed by atoms with Crippen LogP contribution in [0.1, 0.15) is 45.7 Å². The van der Waals surface area contributed by atoms with E-state index in [2.05, 4.69) is 21.3 Å². The summed E-state index contributed by atoms with van der Waals surface area (Å²) < 4.78 is 206. The molecule has 0 aliphatic rings. The topological polar surface area (TPSA) is 426 Å². The van der Waals surface area contributed by atoms with Gasteiger partial charge in [-0.1, -0.05) is 26.0 Å². The number of aryl methyl sites for hydroxylation is 2. The van der Waals surface area contributed by atoms with E-state index in [9.17, 15) is 92.2 Å². The van der Waals surface area contributed by atoms with Crippen molar-refractivity contribution in [2.45, 2.75) is 56.1 Å². The molecule has 10 N–H and O–H groups in total. The number of fused-ring (bicyclic) bond motifs is 2. The Balaban J connectivity index is 1.33. The maximum absolute atomic E-state index is 13.7. The summed E-state index contributed by atoms with van der Waals surface area (Å²) >= 11 is 0. The molecule has 6 aromatic rings. The average molecular weight is 1090 g/mol. The predicted octanol–water partition coefficient (Wildman–Crippen LogP) is 4.75. The van der Waals surface area contributed by atoms with Crippen molar-refractivity contribution in [3.8, 4) is 0 Å². The van der Waals surface area contributed by atoms with Gasteiger partial charge in [-0.2, -0.15) is 50.5 Å². The van der Waals surface area contributed by atoms with Gasteiger partial charge in [-0.05, 0) is 96.8 Å². The van der Waals surface area contributed by atoms with Crippen LogP contribution in [0.4, 0.5) is 27.5 Å². The highest BCUT2D eigenvalue weighted by Gasteiger charge is 2.30. The average Bonchev–Trinajstić information content (AvgIpc) is 3.23. The van der Waals surface area contributed by atoms with Gasteiger partial charge >= 0.3 is 6.03 Å². The van der Waals surface area contributed by atoms with Crippen molar-refractivity contribution in [1.29, 1.82) is 0 Å². The van der Waals surface area contributed by atoms with Crippen LogP contribution in [-0.4, -0.2) is 95.7 Å². The number of hydrogen-bond donors (Lipinski definition) is 10. The van der Waals surface area contributed by atoms with E-state index in [4.69, 9.17) is 0 Å². The Bertz CT molecular complexity index is 3720. The number of urea groups is 1. The first kappa shape index (κ1) is 52.9. The molecular weight excluding hydrogens is 1050 g/mol. The maximum Gasteiger partial charge on any atom is 0.323 e. The fraction of sp³-hybridized carbons (Fsp3) is 0.103. The molecule has 4 amide bonds. The number of carbonyl (C=O) groups is 3. The van der Waals surface area contributed by atoms with E-state index in [0.717, 1.165) is 12.1 Å². The van der Waals surface area contributed by atoms with E-state index in [1.54, 1.807) is 13.8 Å². The molecule has 6 rings (SSSR count). The van der Waals surface area contributed by atoms with Crippen molar-refractivity contribution < 1.29 is 92.2 Å². The minimum atomic E-state index is -5.46. The zero-order chi connectivity index (χ0) is 52.3. The van der Waals surface area contributed by atoms with E-state index in [1.165, 1.54) is 36.4 Å². The van der Waals surface area contributed by atoms with Crippen molar-refractivity contribution in [2.75, 3.05) is 21.3 Å². The minimum Gasteiger partial charge on any atom is -0.321 e. The van der Waals surface area contributed by atoms with Gasteiger partial charge in [-0.3, -0.25) is 36.9 Å². The molecule has 0 radical (unpaired) electrons. The van der Waals surface area contributed by atoms with Gasteiger partial charge in [-0.15, -0.1) is 0 Å². The van der Waals surface area contributed by atoms with Crippen LogP contribution >= 0.6 is 0 Å². The summed E-state index contributed by atoms with van der Waals surface area (Å²) in [5, 5.41) is 6.42. The Morgan fingerprint density at radius 3 is 1.00 bits per heavy atom. The lowest BCUT2D eigenvalue weighted by Crippen LogP contribution is -2.22. The number of benzene rings is 6. The Kier molecular flexibility index (Phi) is 14.1. The van der Waals surface area contributed by atoms with Gasteiger partial charge in [0.1, 0.15) is 19.6 Å². The maximum atomic E-state index is 13.7. The molecule has 0 saturated carbocycles. The molecule has 70 heavy (non-hydrogen) atoms. The quantitative estimate of drug-likeness (QED) is 0.0658. The van der Waals surface area contributed by atoms with E-state index in [-0.39, 0.29) is 47.5 Å². The number of hydrogen-bond acceptors (Lipinski definition) is 15. The monoisotopic (exact) mass is 1090 g/mol. The molecule has 25 nitrogen and oxygen atoms in total. The highest BCUT2D eigenvalue weighted by Crippen LogP contribution is 2.39. The molecule has 0 aliphatic carbocycles. The number of nitrogens with one attached hydrogen (secondary N) is 4. The Morgan fingerprint density at radius 1 is 0.386 bits per heavy atom. The first-order valence-electron chi connectivity index (χ1n) is 19.2. The van der Waals surface area contributed by atoms with Gasteiger partial charge in [-0.25, -0.2) is 4.79 Å². The Hall–Kier alpha value is -6.49. The molecule has 372 valence electrons. The van der Waals surface area contributed by atoms with E-state index in [1.807, 2.05) is 0 Å². The molecule has 0 aromatic heterocycles. The Morgan fingerprint density at radius 2 is 0.714 bits per heavy atom. The van der Waals surface area contributed by atoms with Crippen LogP contribution in [0, 0.1) is 0 Å². The van der Waals surface area contributed by atoms with Crippen LogP contribution in [0.2, 0.25) is 0 Å². The molecule has 0 spiro atoms. The second-order valence-electron chi connectivity index (χ2n) is 14.7. The highest BCUT2D eigenvalue weighted by atomic mass is 32.2. The third kappa shape index (κ3) is 11.2. The summed E-state index contributed by atoms with van der Waals surface area (Å²) in [6.07, 6.45) is 0.499. The third-order valence-corrected chi connectivity index (χ3v) is 15.5. The molecule has 0 fully saturated rings. The minimum absolute atomic E-state index is 0.00890. The molecule has 0 unspecified atom stereocenters. The van der Waals surface area contributed by atoms with Gasteiger partial charge in [0.05, 0.1) is 21.2 Å². The van der Waals surface area contributed by atoms with Crippen molar-refractivity contribution >= 4 is 123 Å². The third-order valence-electron chi connectivity index (χ3n) is 10.2. The van der Waals surface area contributed by atoms with Crippen molar-refractivity contribution in [3.63, 3.8) is 0 Å². The smallest absolute Gasteiger partial charge is 0.321 e. The number of rotatable bonds is 14. The fourth-order valence-corrected chi connectivity index (χ4v) is 11.2. The zero-order valence-electron chi connectivity index (χ0n) is 35.3. The molecular formula is C39H34N4O21S6. The lowest BCUT2D eigenvalue weighted by Gasteiger charge is -2.17. The van der Waals surface area contributed by atoms with Crippen LogP contribution in [0.25, 0.3) is 21.5 Å². The number of amides is 4. The standard InChI is InChI=1S/C39H34N4O21S6/c1-3-19-5-7-21(37(44)40-27-9-11-31(67(53,54)55)25-15-23(65(47,48)49)17-33(35(25)27)69(59,60)61)13-29(19)42-39(46)43-30-14-22(8-6-20(30)4-2)38(45)41-28-10-12-32(68(56,57)58)26-16-24(66(50,51)52)18-34(36(26)28)70(62,63)64/h5-18H,3-4H2,1-2H3,(H,40,44)(H,41,45)(H2,42,43,46)(H,47,48,49)(H,50,51,52)(H,53,54,55)(H,56,57,58)(H,59,60,61)(H,62,63,64). The molecule has 0 atom stereocenters. The van der Waals surface area contributed by atoms with Gasteiger partial charge in [0.25, 0.3) is 72.5 Å². The summed E-state index contributed by atoms with van der Waals surface area (Å²) in [6.45, 7) is 3.36. The molecule has 0 saturated heterocycles. The van der Waals surface area contributed by atoms with Crippen molar-refractivity contribution in [3.05, 3.63) is 107 Å². The number of carbonyl (C=O) groups excluding carboxylic acids is 3. The first-order valence-corrected chi connectivity index (χ1v) is 27.8.